The number of ether oxygens (including phenoxy) is 1. The van der Waals surface area contributed by atoms with Gasteiger partial charge in [-0.3, -0.25) is 9.59 Å². The number of piperidine rings is 1. The molecule has 1 N–H and O–H groups in total. The van der Waals surface area contributed by atoms with E-state index in [1.165, 1.54) is 0 Å². The summed E-state index contributed by atoms with van der Waals surface area (Å²) in [4.78, 5) is 25.5. The summed E-state index contributed by atoms with van der Waals surface area (Å²) in [5.74, 6) is 0.901. The Morgan fingerprint density at radius 2 is 1.88 bits per heavy atom. The highest BCUT2D eigenvalue weighted by atomic mass is 16.5. The summed E-state index contributed by atoms with van der Waals surface area (Å²) in [7, 11) is 0. The largest absolute Gasteiger partial charge is 0.483 e. The monoisotopic (exact) mass is 357 g/mol. The van der Waals surface area contributed by atoms with Crippen LogP contribution in [0, 0.1) is 38.0 Å². The second kappa shape index (κ2) is 9.23. The summed E-state index contributed by atoms with van der Waals surface area (Å²) < 4.78 is 5.73. The summed E-state index contributed by atoms with van der Waals surface area (Å²) in [6.07, 6.45) is 1.62. The van der Waals surface area contributed by atoms with Crippen molar-refractivity contribution < 1.29 is 14.3 Å². The molecule has 140 valence electrons. The zero-order valence-electron chi connectivity index (χ0n) is 15.8. The Labute approximate surface area is 155 Å². The van der Waals surface area contributed by atoms with E-state index in [9.17, 15) is 9.59 Å². The minimum Gasteiger partial charge on any atom is -0.483 e. The molecule has 1 aliphatic rings. The molecule has 1 aliphatic heterocycles. The Morgan fingerprint density at radius 1 is 1.23 bits per heavy atom. The minimum absolute atomic E-state index is 0.00460. The van der Waals surface area contributed by atoms with Crippen LogP contribution in [0.1, 0.15) is 36.0 Å². The fourth-order valence-electron chi connectivity index (χ4n) is 3.16. The maximum absolute atomic E-state index is 12.1. The van der Waals surface area contributed by atoms with Crippen LogP contribution < -0.4 is 10.1 Å². The highest BCUT2D eigenvalue weighted by Crippen LogP contribution is 2.25. The topological polar surface area (TPSA) is 82.4 Å². The molecule has 1 fully saturated rings. The molecule has 26 heavy (non-hydrogen) atoms. The molecule has 0 aromatic heterocycles. The van der Waals surface area contributed by atoms with Gasteiger partial charge in [0.15, 0.2) is 6.61 Å². The SMILES string of the molecule is Cc1ccc(C)c(OCC(=O)NCC2CCN(C(=O)CC#N)CC2)c1C. The van der Waals surface area contributed by atoms with E-state index >= 15 is 0 Å². The van der Waals surface area contributed by atoms with E-state index in [1.54, 1.807) is 4.90 Å². The van der Waals surface area contributed by atoms with Crippen molar-refractivity contribution >= 4 is 11.8 Å². The number of amides is 2. The van der Waals surface area contributed by atoms with E-state index in [0.29, 0.717) is 25.6 Å². The lowest BCUT2D eigenvalue weighted by molar-refractivity contribution is -0.131. The molecule has 0 unspecified atom stereocenters. The molecule has 2 rings (SSSR count). The number of hydrogen-bond donors (Lipinski definition) is 1. The molecule has 1 saturated heterocycles. The standard InChI is InChI=1S/C20H27N3O3/c1-14-4-5-15(2)20(16(14)3)26-13-18(24)22-12-17-7-10-23(11-8-17)19(25)6-9-21/h4-5,17H,6-8,10-13H2,1-3H3,(H,22,24). The van der Waals surface area contributed by atoms with Gasteiger partial charge in [0.2, 0.25) is 5.91 Å². The van der Waals surface area contributed by atoms with Gasteiger partial charge in [-0.25, -0.2) is 0 Å². The van der Waals surface area contributed by atoms with Crippen molar-refractivity contribution in [2.24, 2.45) is 5.92 Å². The highest BCUT2D eigenvalue weighted by Gasteiger charge is 2.22. The van der Waals surface area contributed by atoms with E-state index in [4.69, 9.17) is 10.00 Å². The van der Waals surface area contributed by atoms with Gasteiger partial charge in [0.05, 0.1) is 6.07 Å². The molecule has 0 bridgehead atoms. The van der Waals surface area contributed by atoms with E-state index in [2.05, 4.69) is 5.32 Å². The third-order valence-electron chi connectivity index (χ3n) is 5.01. The molecular weight excluding hydrogens is 330 g/mol. The van der Waals surface area contributed by atoms with Crippen molar-refractivity contribution in [2.45, 2.75) is 40.0 Å². The van der Waals surface area contributed by atoms with Crippen LogP contribution in [-0.2, 0) is 9.59 Å². The van der Waals surface area contributed by atoms with Crippen LogP contribution in [0.3, 0.4) is 0 Å². The Kier molecular flexibility index (Phi) is 7.02. The molecule has 1 aromatic rings. The lowest BCUT2D eigenvalue weighted by Crippen LogP contribution is -2.42. The van der Waals surface area contributed by atoms with Gasteiger partial charge in [0, 0.05) is 19.6 Å². The molecule has 6 nitrogen and oxygen atoms in total. The Balaban J connectivity index is 1.73. The fraction of sp³-hybridized carbons (Fsp3) is 0.550. The zero-order valence-corrected chi connectivity index (χ0v) is 15.8. The third-order valence-corrected chi connectivity index (χ3v) is 5.01. The number of rotatable bonds is 6. The Morgan fingerprint density at radius 3 is 2.54 bits per heavy atom. The third kappa shape index (κ3) is 5.22. The summed E-state index contributed by atoms with van der Waals surface area (Å²) in [5.41, 5.74) is 3.23. The lowest BCUT2D eigenvalue weighted by atomic mass is 9.96. The maximum Gasteiger partial charge on any atom is 0.257 e. The second-order valence-corrected chi connectivity index (χ2v) is 6.91. The Hall–Kier alpha value is -2.55. The van der Waals surface area contributed by atoms with Gasteiger partial charge >= 0.3 is 0 Å². The van der Waals surface area contributed by atoms with Gasteiger partial charge in [-0.1, -0.05) is 12.1 Å². The maximum atomic E-state index is 12.1. The van der Waals surface area contributed by atoms with Crippen LogP contribution in [0.4, 0.5) is 0 Å². The van der Waals surface area contributed by atoms with Crippen molar-refractivity contribution in [1.29, 1.82) is 5.26 Å². The van der Waals surface area contributed by atoms with Crippen molar-refractivity contribution in [3.63, 3.8) is 0 Å². The zero-order chi connectivity index (χ0) is 19.1. The van der Waals surface area contributed by atoms with Crippen molar-refractivity contribution in [2.75, 3.05) is 26.2 Å². The molecule has 0 aliphatic carbocycles. The van der Waals surface area contributed by atoms with Crippen LogP contribution in [0.25, 0.3) is 0 Å². The van der Waals surface area contributed by atoms with Crippen LogP contribution in [0.2, 0.25) is 0 Å². The lowest BCUT2D eigenvalue weighted by Gasteiger charge is -2.31. The molecule has 1 aromatic carbocycles. The van der Waals surface area contributed by atoms with Crippen LogP contribution >= 0.6 is 0 Å². The number of carbonyl (C=O) groups excluding carboxylic acids is 2. The molecule has 0 atom stereocenters. The number of likely N-dealkylation sites (tertiary alicyclic amines) is 1. The number of benzene rings is 1. The predicted octanol–water partition coefficient (Wildman–Crippen LogP) is 2.26. The van der Waals surface area contributed by atoms with Crippen molar-refractivity contribution in [3.05, 3.63) is 28.8 Å². The summed E-state index contributed by atoms with van der Waals surface area (Å²) >= 11 is 0. The van der Waals surface area contributed by atoms with Crippen molar-refractivity contribution in [1.82, 2.24) is 10.2 Å². The molecule has 0 saturated carbocycles. The summed E-state index contributed by atoms with van der Waals surface area (Å²) in [5, 5.41) is 11.5. The van der Waals surface area contributed by atoms with Gasteiger partial charge in [-0.05, 0) is 56.2 Å². The Bertz CT molecular complexity index is 701. The van der Waals surface area contributed by atoms with Crippen LogP contribution in [-0.4, -0.2) is 43.0 Å². The molecular formula is C20H27N3O3. The molecule has 1 heterocycles. The van der Waals surface area contributed by atoms with E-state index in [-0.39, 0.29) is 24.8 Å². The van der Waals surface area contributed by atoms with E-state index in [0.717, 1.165) is 35.3 Å². The van der Waals surface area contributed by atoms with Gasteiger partial charge in [0.25, 0.3) is 5.91 Å². The number of nitrogens with zero attached hydrogens (tertiary/aromatic N) is 2. The normalized spacial score (nSPS) is 14.6. The summed E-state index contributed by atoms with van der Waals surface area (Å²) in [6.45, 7) is 7.89. The first-order valence-electron chi connectivity index (χ1n) is 9.03. The predicted molar refractivity (Wildman–Crippen MR) is 98.7 cm³/mol. The van der Waals surface area contributed by atoms with E-state index in [1.807, 2.05) is 39.0 Å². The first-order valence-corrected chi connectivity index (χ1v) is 9.03. The van der Waals surface area contributed by atoms with Crippen molar-refractivity contribution in [3.8, 4) is 11.8 Å². The first kappa shape index (κ1) is 19.8. The number of nitrogens with one attached hydrogen (secondary N) is 1. The molecule has 6 heteroatoms. The smallest absolute Gasteiger partial charge is 0.257 e. The van der Waals surface area contributed by atoms with Crippen LogP contribution in [0.5, 0.6) is 5.75 Å². The molecule has 0 radical (unpaired) electrons. The second-order valence-electron chi connectivity index (χ2n) is 6.91. The van der Waals surface area contributed by atoms with Crippen LogP contribution in [0.15, 0.2) is 12.1 Å². The number of carbonyl (C=O) groups is 2. The quantitative estimate of drug-likeness (QED) is 0.846. The average Bonchev–Trinajstić information content (AvgIpc) is 2.64. The van der Waals surface area contributed by atoms with Gasteiger partial charge < -0.3 is 15.0 Å². The van der Waals surface area contributed by atoms with Gasteiger partial charge in [-0.2, -0.15) is 5.26 Å². The molecule has 0 spiro atoms. The van der Waals surface area contributed by atoms with Gasteiger partial charge in [-0.15, -0.1) is 0 Å². The fourth-order valence-corrected chi connectivity index (χ4v) is 3.16. The van der Waals surface area contributed by atoms with Gasteiger partial charge in [0.1, 0.15) is 12.2 Å². The first-order chi connectivity index (χ1) is 12.4. The minimum atomic E-state index is -0.131. The highest BCUT2D eigenvalue weighted by molar-refractivity contribution is 5.78. The number of hydrogen-bond acceptors (Lipinski definition) is 4. The van der Waals surface area contributed by atoms with E-state index < -0.39 is 0 Å². The number of aryl methyl sites for hydroxylation is 2. The summed E-state index contributed by atoms with van der Waals surface area (Å²) in [6, 6.07) is 5.94. The average molecular weight is 357 g/mol. The number of nitriles is 1. The molecule has 2 amide bonds.